The van der Waals surface area contributed by atoms with E-state index in [9.17, 15) is 4.79 Å². The summed E-state index contributed by atoms with van der Waals surface area (Å²) in [5, 5.41) is 11.9. The third-order valence-corrected chi connectivity index (χ3v) is 3.18. The van der Waals surface area contributed by atoms with Crippen molar-refractivity contribution < 1.29 is 14.6 Å². The van der Waals surface area contributed by atoms with Crippen LogP contribution >= 0.6 is 0 Å². The molecule has 0 aromatic rings. The molecular formula is C11H19NO3. The Kier molecular flexibility index (Phi) is 3.59. The van der Waals surface area contributed by atoms with Gasteiger partial charge in [-0.1, -0.05) is 0 Å². The van der Waals surface area contributed by atoms with E-state index in [1.54, 1.807) is 0 Å². The average molecular weight is 213 g/mol. The maximum absolute atomic E-state index is 11.7. The fraction of sp³-hybridized carbons (Fsp3) is 0.909. The van der Waals surface area contributed by atoms with Crippen LogP contribution in [0.25, 0.3) is 0 Å². The van der Waals surface area contributed by atoms with Gasteiger partial charge >= 0.3 is 0 Å². The summed E-state index contributed by atoms with van der Waals surface area (Å²) in [7, 11) is 0. The summed E-state index contributed by atoms with van der Waals surface area (Å²) < 4.78 is 5.32. The lowest BCUT2D eigenvalue weighted by molar-refractivity contribution is -0.131. The summed E-state index contributed by atoms with van der Waals surface area (Å²) in [6.45, 7) is 0.846. The standard InChI is InChI=1S/C11H19NO3/c13-6-5-9(8-3-4-8)12-11(14)10-2-1-7-15-10/h8-10,13H,1-7H2,(H,12,14). The summed E-state index contributed by atoms with van der Waals surface area (Å²) >= 11 is 0. The van der Waals surface area contributed by atoms with Gasteiger partial charge in [-0.2, -0.15) is 0 Å². The number of carbonyl (C=O) groups is 1. The van der Waals surface area contributed by atoms with Crippen LogP contribution in [0.2, 0.25) is 0 Å². The summed E-state index contributed by atoms with van der Waals surface area (Å²) in [5.41, 5.74) is 0. The van der Waals surface area contributed by atoms with E-state index < -0.39 is 0 Å². The topological polar surface area (TPSA) is 58.6 Å². The molecule has 2 N–H and O–H groups in total. The van der Waals surface area contributed by atoms with Crippen LogP contribution in [0.5, 0.6) is 0 Å². The molecule has 1 amide bonds. The van der Waals surface area contributed by atoms with Crippen molar-refractivity contribution in [2.45, 2.75) is 44.2 Å². The van der Waals surface area contributed by atoms with E-state index in [-0.39, 0.29) is 24.7 Å². The van der Waals surface area contributed by atoms with Crippen LogP contribution in [0.4, 0.5) is 0 Å². The van der Waals surface area contributed by atoms with Crippen LogP contribution in [-0.2, 0) is 9.53 Å². The number of aliphatic hydroxyl groups is 1. The second-order valence-electron chi connectivity index (χ2n) is 4.47. The lowest BCUT2D eigenvalue weighted by Gasteiger charge is -2.19. The Morgan fingerprint density at radius 3 is 2.80 bits per heavy atom. The molecular weight excluding hydrogens is 194 g/mol. The number of nitrogens with one attached hydrogen (secondary N) is 1. The number of hydrogen-bond acceptors (Lipinski definition) is 3. The largest absolute Gasteiger partial charge is 0.396 e. The van der Waals surface area contributed by atoms with Gasteiger partial charge in [-0.25, -0.2) is 0 Å². The van der Waals surface area contributed by atoms with Crippen LogP contribution < -0.4 is 5.32 Å². The number of rotatable bonds is 5. The molecule has 0 radical (unpaired) electrons. The third kappa shape index (κ3) is 2.92. The maximum Gasteiger partial charge on any atom is 0.249 e. The molecule has 1 saturated heterocycles. The van der Waals surface area contributed by atoms with Gasteiger partial charge in [0.05, 0.1) is 0 Å². The SMILES string of the molecule is O=C(NC(CCO)C1CC1)C1CCCO1. The van der Waals surface area contributed by atoms with Gasteiger partial charge in [-0.3, -0.25) is 4.79 Å². The number of aliphatic hydroxyl groups excluding tert-OH is 1. The van der Waals surface area contributed by atoms with Gasteiger partial charge in [0.15, 0.2) is 0 Å². The van der Waals surface area contributed by atoms with Crippen LogP contribution in [0.3, 0.4) is 0 Å². The summed E-state index contributed by atoms with van der Waals surface area (Å²) in [4.78, 5) is 11.7. The highest BCUT2D eigenvalue weighted by Gasteiger charge is 2.34. The molecule has 15 heavy (non-hydrogen) atoms. The highest BCUT2D eigenvalue weighted by Crippen LogP contribution is 2.34. The third-order valence-electron chi connectivity index (χ3n) is 3.18. The van der Waals surface area contributed by atoms with Gasteiger partial charge in [0.25, 0.3) is 0 Å². The summed E-state index contributed by atoms with van der Waals surface area (Å²) in [6, 6.07) is 0.159. The molecule has 86 valence electrons. The van der Waals surface area contributed by atoms with Crippen molar-refractivity contribution in [2.75, 3.05) is 13.2 Å². The Morgan fingerprint density at radius 2 is 2.27 bits per heavy atom. The van der Waals surface area contributed by atoms with Crippen molar-refractivity contribution in [3.8, 4) is 0 Å². The Morgan fingerprint density at radius 1 is 1.47 bits per heavy atom. The van der Waals surface area contributed by atoms with Crippen LogP contribution in [0.1, 0.15) is 32.1 Å². The molecule has 4 nitrogen and oxygen atoms in total. The number of ether oxygens (including phenoxy) is 1. The van der Waals surface area contributed by atoms with Crippen molar-refractivity contribution in [3.05, 3.63) is 0 Å². The Bertz CT molecular complexity index is 222. The fourth-order valence-electron chi connectivity index (χ4n) is 2.12. The smallest absolute Gasteiger partial charge is 0.249 e. The van der Waals surface area contributed by atoms with Crippen molar-refractivity contribution in [2.24, 2.45) is 5.92 Å². The van der Waals surface area contributed by atoms with E-state index in [0.717, 1.165) is 12.8 Å². The first-order valence-corrected chi connectivity index (χ1v) is 5.84. The minimum atomic E-state index is -0.245. The maximum atomic E-state index is 11.7. The van der Waals surface area contributed by atoms with E-state index in [0.29, 0.717) is 18.9 Å². The molecule has 2 fully saturated rings. The molecule has 2 rings (SSSR count). The van der Waals surface area contributed by atoms with Crippen LogP contribution in [-0.4, -0.2) is 36.4 Å². The lowest BCUT2D eigenvalue weighted by Crippen LogP contribution is -2.42. The Balaban J connectivity index is 1.79. The molecule has 2 aliphatic rings. The molecule has 2 unspecified atom stereocenters. The predicted octanol–water partition coefficient (Wildman–Crippen LogP) is 0.443. The first-order chi connectivity index (χ1) is 7.31. The Hall–Kier alpha value is -0.610. The van der Waals surface area contributed by atoms with Gasteiger partial charge < -0.3 is 15.2 Å². The highest BCUT2D eigenvalue weighted by atomic mass is 16.5. The predicted molar refractivity (Wildman–Crippen MR) is 55.3 cm³/mol. The molecule has 0 aromatic carbocycles. The normalized spacial score (nSPS) is 27.7. The molecule has 0 spiro atoms. The minimum absolute atomic E-state index is 0.0119. The minimum Gasteiger partial charge on any atom is -0.396 e. The van der Waals surface area contributed by atoms with Gasteiger partial charge in [0.2, 0.25) is 5.91 Å². The Labute approximate surface area is 90.0 Å². The van der Waals surface area contributed by atoms with E-state index in [2.05, 4.69) is 5.32 Å². The van der Waals surface area contributed by atoms with Gasteiger partial charge in [-0.15, -0.1) is 0 Å². The zero-order valence-corrected chi connectivity index (χ0v) is 8.95. The average Bonchev–Trinajstić information content (AvgIpc) is 2.92. The molecule has 1 saturated carbocycles. The molecule has 1 aliphatic carbocycles. The monoisotopic (exact) mass is 213 g/mol. The zero-order chi connectivity index (χ0) is 10.7. The van der Waals surface area contributed by atoms with E-state index >= 15 is 0 Å². The number of amides is 1. The van der Waals surface area contributed by atoms with Gasteiger partial charge in [0, 0.05) is 19.3 Å². The number of hydrogen-bond donors (Lipinski definition) is 2. The van der Waals surface area contributed by atoms with Crippen LogP contribution in [0, 0.1) is 5.92 Å². The van der Waals surface area contributed by atoms with E-state index in [4.69, 9.17) is 9.84 Å². The van der Waals surface area contributed by atoms with Crippen molar-refractivity contribution >= 4 is 5.91 Å². The lowest BCUT2D eigenvalue weighted by atomic mass is 10.1. The molecule has 1 aliphatic heterocycles. The fourth-order valence-corrected chi connectivity index (χ4v) is 2.12. The van der Waals surface area contributed by atoms with Crippen molar-refractivity contribution in [1.29, 1.82) is 0 Å². The van der Waals surface area contributed by atoms with Gasteiger partial charge in [0.1, 0.15) is 6.10 Å². The molecule has 4 heteroatoms. The summed E-state index contributed by atoms with van der Waals surface area (Å²) in [5.74, 6) is 0.598. The van der Waals surface area contributed by atoms with Crippen molar-refractivity contribution in [3.63, 3.8) is 0 Å². The quantitative estimate of drug-likeness (QED) is 0.697. The van der Waals surface area contributed by atoms with Gasteiger partial charge in [-0.05, 0) is 38.0 Å². The molecule has 0 aromatic heterocycles. The first kappa shape index (κ1) is 10.9. The molecule has 2 atom stereocenters. The molecule has 1 heterocycles. The first-order valence-electron chi connectivity index (χ1n) is 5.84. The van der Waals surface area contributed by atoms with Crippen molar-refractivity contribution in [1.82, 2.24) is 5.32 Å². The number of carbonyl (C=O) groups excluding carboxylic acids is 1. The zero-order valence-electron chi connectivity index (χ0n) is 8.95. The second-order valence-corrected chi connectivity index (χ2v) is 4.47. The van der Waals surface area contributed by atoms with Crippen LogP contribution in [0.15, 0.2) is 0 Å². The summed E-state index contributed by atoms with van der Waals surface area (Å²) in [6.07, 6.45) is 4.59. The highest BCUT2D eigenvalue weighted by molar-refractivity contribution is 5.81. The molecule has 0 bridgehead atoms. The van der Waals surface area contributed by atoms with E-state index in [1.807, 2.05) is 0 Å². The van der Waals surface area contributed by atoms with E-state index in [1.165, 1.54) is 12.8 Å². The second kappa shape index (κ2) is 4.94.